The minimum absolute atomic E-state index is 0.152. The van der Waals surface area contributed by atoms with E-state index < -0.39 is 0 Å². The number of nitrogens with zero attached hydrogens (tertiary/aromatic N) is 2. The molecule has 2 aromatic rings. The smallest absolute Gasteiger partial charge is 0.228 e. The Bertz CT molecular complexity index is 689. The van der Waals surface area contributed by atoms with E-state index in [0.29, 0.717) is 19.0 Å². The minimum Gasteiger partial charge on any atom is -0.477 e. The largest absolute Gasteiger partial charge is 0.477 e. The van der Waals surface area contributed by atoms with Gasteiger partial charge in [0.25, 0.3) is 0 Å². The molecule has 6 nitrogen and oxygen atoms in total. The van der Waals surface area contributed by atoms with Crippen LogP contribution in [-0.4, -0.2) is 42.0 Å². The van der Waals surface area contributed by atoms with Crippen LogP contribution in [0.2, 0.25) is 0 Å². The molecule has 126 valence electrons. The molecular formula is C18H21N3O3. The first-order chi connectivity index (χ1) is 11.8. The van der Waals surface area contributed by atoms with Gasteiger partial charge in [0.05, 0.1) is 24.8 Å². The Balaban J connectivity index is 1.43. The summed E-state index contributed by atoms with van der Waals surface area (Å²) in [6.45, 7) is 3.56. The summed E-state index contributed by atoms with van der Waals surface area (Å²) in [7, 11) is 0. The Morgan fingerprint density at radius 1 is 1.38 bits per heavy atom. The van der Waals surface area contributed by atoms with Gasteiger partial charge in [-0.3, -0.25) is 9.69 Å². The first kappa shape index (κ1) is 15.2. The molecular weight excluding hydrogens is 306 g/mol. The van der Waals surface area contributed by atoms with Crippen LogP contribution in [0.1, 0.15) is 12.2 Å². The fourth-order valence-electron chi connectivity index (χ4n) is 3.80. The van der Waals surface area contributed by atoms with Gasteiger partial charge in [-0.25, -0.2) is 4.98 Å². The third-order valence-corrected chi connectivity index (χ3v) is 5.15. The van der Waals surface area contributed by atoms with Gasteiger partial charge in [-0.2, -0.15) is 0 Å². The van der Waals surface area contributed by atoms with Crippen LogP contribution in [0.4, 0.5) is 0 Å². The van der Waals surface area contributed by atoms with Gasteiger partial charge >= 0.3 is 0 Å². The first-order valence-electron chi connectivity index (χ1n) is 8.33. The molecule has 1 amide bonds. The normalized spacial score (nSPS) is 26.8. The van der Waals surface area contributed by atoms with Crippen LogP contribution in [0.5, 0.6) is 5.88 Å². The number of likely N-dealkylation sites (tertiary alicyclic amines) is 1. The van der Waals surface area contributed by atoms with Gasteiger partial charge in [-0.1, -0.05) is 6.07 Å². The van der Waals surface area contributed by atoms with Crippen LogP contribution in [0.15, 0.2) is 47.2 Å². The Morgan fingerprint density at radius 3 is 3.12 bits per heavy atom. The molecule has 2 aliphatic rings. The van der Waals surface area contributed by atoms with Crippen molar-refractivity contribution in [2.45, 2.75) is 13.0 Å². The Kier molecular flexibility index (Phi) is 3.98. The Morgan fingerprint density at radius 2 is 2.33 bits per heavy atom. The first-order valence-corrected chi connectivity index (χ1v) is 8.33. The van der Waals surface area contributed by atoms with Crippen molar-refractivity contribution < 1.29 is 13.9 Å². The second-order valence-corrected chi connectivity index (χ2v) is 6.58. The monoisotopic (exact) mass is 327 g/mol. The Hall–Kier alpha value is -2.34. The summed E-state index contributed by atoms with van der Waals surface area (Å²) >= 11 is 0. The molecule has 24 heavy (non-hydrogen) atoms. The number of furan rings is 1. The molecule has 4 rings (SSSR count). The van der Waals surface area contributed by atoms with Crippen LogP contribution < -0.4 is 10.1 Å². The van der Waals surface area contributed by atoms with Crippen LogP contribution in [-0.2, 0) is 11.3 Å². The van der Waals surface area contributed by atoms with Gasteiger partial charge in [0, 0.05) is 31.3 Å². The van der Waals surface area contributed by atoms with Crippen LogP contribution in [0.25, 0.3) is 0 Å². The number of aromatic nitrogens is 1. The molecule has 4 heterocycles. The summed E-state index contributed by atoms with van der Waals surface area (Å²) in [4.78, 5) is 19.0. The molecule has 2 atom stereocenters. The third-order valence-electron chi connectivity index (χ3n) is 5.15. The average molecular weight is 327 g/mol. The zero-order valence-corrected chi connectivity index (χ0v) is 13.5. The Labute approximate surface area is 140 Å². The number of pyridine rings is 1. The maximum atomic E-state index is 12.5. The second kappa shape index (κ2) is 6.28. The van der Waals surface area contributed by atoms with Crippen molar-refractivity contribution in [2.24, 2.45) is 11.3 Å². The number of nitrogens with one attached hydrogen (secondary N) is 1. The van der Waals surface area contributed by atoms with Crippen molar-refractivity contribution in [1.82, 2.24) is 15.2 Å². The van der Waals surface area contributed by atoms with Gasteiger partial charge in [0.15, 0.2) is 0 Å². The van der Waals surface area contributed by atoms with Crippen LogP contribution in [0, 0.1) is 11.3 Å². The molecule has 2 aliphatic heterocycles. The number of carbonyl (C=O) groups is 1. The SMILES string of the molecule is O=C1NC[C@@H](COc2ccccn2)[C@@]12CCN(Cc1ccco1)C2. The summed E-state index contributed by atoms with van der Waals surface area (Å²) in [5.74, 6) is 1.86. The molecule has 2 fully saturated rings. The number of carbonyl (C=O) groups excluding carboxylic acids is 1. The summed E-state index contributed by atoms with van der Waals surface area (Å²) < 4.78 is 11.3. The fraction of sp³-hybridized carbons (Fsp3) is 0.444. The average Bonchev–Trinajstić information content (AvgIpc) is 3.32. The summed E-state index contributed by atoms with van der Waals surface area (Å²) in [6, 6.07) is 9.47. The van der Waals surface area contributed by atoms with Gasteiger partial charge < -0.3 is 14.5 Å². The van der Waals surface area contributed by atoms with Crippen molar-refractivity contribution >= 4 is 5.91 Å². The molecule has 0 unspecified atom stereocenters. The molecule has 6 heteroatoms. The lowest BCUT2D eigenvalue weighted by Gasteiger charge is -2.28. The highest BCUT2D eigenvalue weighted by Gasteiger charge is 2.54. The molecule has 2 aromatic heterocycles. The van der Waals surface area contributed by atoms with Crippen molar-refractivity contribution in [3.05, 3.63) is 48.6 Å². The lowest BCUT2D eigenvalue weighted by molar-refractivity contribution is -0.128. The van der Waals surface area contributed by atoms with Crippen molar-refractivity contribution in [3.63, 3.8) is 0 Å². The van der Waals surface area contributed by atoms with E-state index >= 15 is 0 Å². The zero-order valence-electron chi connectivity index (χ0n) is 13.5. The van der Waals surface area contributed by atoms with Gasteiger partial charge in [0.1, 0.15) is 5.76 Å². The molecule has 0 radical (unpaired) electrons. The topological polar surface area (TPSA) is 67.6 Å². The molecule has 1 N–H and O–H groups in total. The number of hydrogen-bond acceptors (Lipinski definition) is 5. The zero-order chi connectivity index (χ0) is 16.4. The lowest BCUT2D eigenvalue weighted by Crippen LogP contribution is -2.40. The maximum absolute atomic E-state index is 12.5. The summed E-state index contributed by atoms with van der Waals surface area (Å²) in [6.07, 6.45) is 4.26. The second-order valence-electron chi connectivity index (χ2n) is 6.58. The fourth-order valence-corrected chi connectivity index (χ4v) is 3.80. The third kappa shape index (κ3) is 2.78. The number of ether oxygens (including phenoxy) is 1. The van der Waals surface area contributed by atoms with Gasteiger partial charge in [-0.05, 0) is 31.2 Å². The van der Waals surface area contributed by atoms with Crippen molar-refractivity contribution in [3.8, 4) is 5.88 Å². The van der Waals surface area contributed by atoms with Gasteiger partial charge in [0.2, 0.25) is 11.8 Å². The van der Waals surface area contributed by atoms with Crippen molar-refractivity contribution in [2.75, 3.05) is 26.2 Å². The van der Waals surface area contributed by atoms with E-state index in [1.165, 1.54) is 0 Å². The van der Waals surface area contributed by atoms with Crippen LogP contribution >= 0.6 is 0 Å². The summed E-state index contributed by atoms with van der Waals surface area (Å²) in [5, 5.41) is 3.03. The van der Waals surface area contributed by atoms with E-state index in [9.17, 15) is 4.79 Å². The van der Waals surface area contributed by atoms with Gasteiger partial charge in [-0.15, -0.1) is 0 Å². The summed E-state index contributed by atoms with van der Waals surface area (Å²) in [5.41, 5.74) is -0.360. The highest BCUT2D eigenvalue weighted by Crippen LogP contribution is 2.42. The number of amides is 1. The van der Waals surface area contributed by atoms with E-state index in [0.717, 1.165) is 31.8 Å². The maximum Gasteiger partial charge on any atom is 0.228 e. The highest BCUT2D eigenvalue weighted by molar-refractivity contribution is 5.86. The van der Waals surface area contributed by atoms with E-state index in [1.54, 1.807) is 12.5 Å². The standard InChI is InChI=1S/C18H21N3O3/c22-17-18(6-8-21(13-18)11-15-4-3-9-23-15)14(10-20-17)12-24-16-5-1-2-7-19-16/h1-5,7,9,14H,6,8,10-13H2,(H,20,22)/t14-,18-/m0/s1. The molecule has 2 saturated heterocycles. The highest BCUT2D eigenvalue weighted by atomic mass is 16.5. The molecule has 0 aromatic carbocycles. The van der Waals surface area contributed by atoms with E-state index in [-0.39, 0.29) is 17.2 Å². The molecule has 1 spiro atoms. The minimum atomic E-state index is -0.360. The molecule has 0 aliphatic carbocycles. The lowest BCUT2D eigenvalue weighted by atomic mass is 9.77. The quantitative estimate of drug-likeness (QED) is 0.905. The predicted molar refractivity (Wildman–Crippen MR) is 87.3 cm³/mol. The van der Waals surface area contributed by atoms with E-state index in [1.807, 2.05) is 30.3 Å². The van der Waals surface area contributed by atoms with E-state index in [2.05, 4.69) is 15.2 Å². The predicted octanol–water partition coefficient (Wildman–Crippen LogP) is 1.69. The number of rotatable bonds is 5. The van der Waals surface area contributed by atoms with Crippen molar-refractivity contribution in [1.29, 1.82) is 0 Å². The number of hydrogen-bond donors (Lipinski definition) is 1. The molecule has 0 saturated carbocycles. The van der Waals surface area contributed by atoms with Crippen LogP contribution in [0.3, 0.4) is 0 Å². The van der Waals surface area contributed by atoms with E-state index in [4.69, 9.17) is 9.15 Å². The molecule has 0 bridgehead atoms.